The van der Waals surface area contributed by atoms with Gasteiger partial charge >= 0.3 is 5.97 Å². The number of halogens is 1. The van der Waals surface area contributed by atoms with Crippen LogP contribution < -0.4 is 5.32 Å². The minimum atomic E-state index is -0.994. The molecule has 1 amide bonds. The largest absolute Gasteiger partial charge is 0.481 e. The minimum Gasteiger partial charge on any atom is -0.481 e. The van der Waals surface area contributed by atoms with Crippen molar-refractivity contribution in [2.75, 3.05) is 6.26 Å². The summed E-state index contributed by atoms with van der Waals surface area (Å²) >= 11 is 7.85. The van der Waals surface area contributed by atoms with Crippen molar-refractivity contribution in [1.82, 2.24) is 15.5 Å². The monoisotopic (exact) mass is 379 g/mol. The zero-order valence-electron chi connectivity index (χ0n) is 13.6. The van der Waals surface area contributed by atoms with E-state index >= 15 is 0 Å². The lowest BCUT2D eigenvalue weighted by atomic mass is 10.0. The van der Waals surface area contributed by atoms with Gasteiger partial charge in [-0.05, 0) is 36.8 Å². The van der Waals surface area contributed by atoms with E-state index in [2.05, 4.69) is 15.5 Å². The highest BCUT2D eigenvalue weighted by Gasteiger charge is 2.31. The molecule has 8 heteroatoms. The number of carboxylic acids is 1. The van der Waals surface area contributed by atoms with Gasteiger partial charge in [0.2, 0.25) is 0 Å². The maximum atomic E-state index is 12.5. The van der Waals surface area contributed by atoms with Crippen molar-refractivity contribution < 1.29 is 14.7 Å². The molecule has 3 rings (SSSR count). The molecule has 3 N–H and O–H groups in total. The van der Waals surface area contributed by atoms with Gasteiger partial charge in [-0.25, -0.2) is 0 Å². The molecular weight excluding hydrogens is 362 g/mol. The summed E-state index contributed by atoms with van der Waals surface area (Å²) in [7, 11) is 0. The number of carbonyl (C=O) groups is 2. The lowest BCUT2D eigenvalue weighted by Gasteiger charge is -2.17. The van der Waals surface area contributed by atoms with Gasteiger partial charge < -0.3 is 10.4 Å². The number of aromatic nitrogens is 2. The lowest BCUT2D eigenvalue weighted by molar-refractivity contribution is -0.137. The molecular formula is C17H18ClN3O3S. The molecule has 0 aliphatic heterocycles. The Morgan fingerprint density at radius 2 is 2.08 bits per heavy atom. The van der Waals surface area contributed by atoms with E-state index in [1.807, 2.05) is 30.5 Å². The number of hydrogen-bond acceptors (Lipinski definition) is 4. The number of hydrogen-bond donors (Lipinski definition) is 3. The normalized spacial score (nSPS) is 15.0. The van der Waals surface area contributed by atoms with Crippen LogP contribution in [0.2, 0.25) is 5.02 Å². The number of carbonyl (C=O) groups excluding carboxylic acids is 1. The van der Waals surface area contributed by atoms with Crippen molar-refractivity contribution in [2.24, 2.45) is 0 Å². The van der Waals surface area contributed by atoms with E-state index in [-0.39, 0.29) is 12.1 Å². The van der Waals surface area contributed by atoms with E-state index < -0.39 is 17.9 Å². The molecule has 0 spiro atoms. The highest BCUT2D eigenvalue weighted by atomic mass is 35.5. The minimum absolute atomic E-state index is 0.111. The van der Waals surface area contributed by atoms with Crippen molar-refractivity contribution in [3.8, 4) is 0 Å². The Morgan fingerprint density at radius 1 is 1.40 bits per heavy atom. The first kappa shape index (κ1) is 17.8. The number of rotatable bonds is 7. The summed E-state index contributed by atoms with van der Waals surface area (Å²) < 4.78 is 0. The predicted octanol–water partition coefficient (Wildman–Crippen LogP) is 3.61. The quantitative estimate of drug-likeness (QED) is 0.639. The molecule has 1 fully saturated rings. The van der Waals surface area contributed by atoms with Gasteiger partial charge in [0.25, 0.3) is 5.91 Å². The van der Waals surface area contributed by atoms with E-state index in [1.165, 1.54) is 0 Å². The zero-order valence-corrected chi connectivity index (χ0v) is 15.2. The average Bonchev–Trinajstić information content (AvgIpc) is 3.36. The van der Waals surface area contributed by atoms with Gasteiger partial charge in [-0.2, -0.15) is 5.10 Å². The van der Waals surface area contributed by atoms with Crippen molar-refractivity contribution in [3.63, 3.8) is 0 Å². The van der Waals surface area contributed by atoms with Crippen LogP contribution >= 0.6 is 23.4 Å². The molecule has 1 aliphatic carbocycles. The Kier molecular flexibility index (Phi) is 5.34. The summed E-state index contributed by atoms with van der Waals surface area (Å²) in [5.41, 5.74) is 1.62. The molecule has 1 aliphatic rings. The fourth-order valence-electron chi connectivity index (χ4n) is 2.62. The van der Waals surface area contributed by atoms with Crippen LogP contribution in [0.4, 0.5) is 0 Å². The molecule has 6 nitrogen and oxygen atoms in total. The fraction of sp³-hybridized carbons (Fsp3) is 0.353. The second kappa shape index (κ2) is 7.49. The number of H-pyrrole nitrogens is 1. The van der Waals surface area contributed by atoms with Gasteiger partial charge in [0.05, 0.1) is 23.2 Å². The molecule has 1 aromatic carbocycles. The fourth-order valence-corrected chi connectivity index (χ4v) is 3.36. The summed E-state index contributed by atoms with van der Waals surface area (Å²) in [6.07, 6.45) is 3.81. The number of nitrogens with one attached hydrogen (secondary N) is 2. The molecule has 1 saturated carbocycles. The molecule has 0 unspecified atom stereocenters. The van der Waals surface area contributed by atoms with Crippen molar-refractivity contribution >= 4 is 35.2 Å². The van der Waals surface area contributed by atoms with Crippen LogP contribution in [0.15, 0.2) is 29.2 Å². The highest BCUT2D eigenvalue weighted by molar-refractivity contribution is 7.98. The molecule has 0 bridgehead atoms. The Balaban J connectivity index is 1.79. The Morgan fingerprint density at radius 3 is 2.64 bits per heavy atom. The number of benzene rings is 1. The highest BCUT2D eigenvalue weighted by Crippen LogP contribution is 2.42. The molecule has 1 heterocycles. The SMILES string of the molecule is CSc1ccc([C@@H](CC(=O)O)NC(=O)c2n[nH]c(C3CC3)c2Cl)cc1. The summed E-state index contributed by atoms with van der Waals surface area (Å²) in [5, 5.41) is 19.1. The van der Waals surface area contributed by atoms with Crippen molar-refractivity contribution in [1.29, 1.82) is 0 Å². The third-order valence-corrected chi connectivity index (χ3v) is 5.26. The van der Waals surface area contributed by atoms with E-state index in [9.17, 15) is 9.59 Å². The topological polar surface area (TPSA) is 95.1 Å². The maximum absolute atomic E-state index is 12.5. The number of amides is 1. The van der Waals surface area contributed by atoms with Crippen molar-refractivity contribution in [2.45, 2.75) is 36.1 Å². The molecule has 25 heavy (non-hydrogen) atoms. The van der Waals surface area contributed by atoms with Crippen LogP contribution in [0.5, 0.6) is 0 Å². The third-order valence-electron chi connectivity index (χ3n) is 4.14. The lowest BCUT2D eigenvalue weighted by Crippen LogP contribution is -2.30. The van der Waals surface area contributed by atoms with Gasteiger partial charge in [-0.15, -0.1) is 11.8 Å². The first-order valence-electron chi connectivity index (χ1n) is 7.90. The standard InChI is InChI=1S/C17H18ClN3O3S/c1-25-11-6-4-9(5-7-11)12(8-13(22)23)19-17(24)16-14(18)15(20-21-16)10-2-3-10/h4-7,10,12H,2-3,8H2,1H3,(H,19,24)(H,20,21)(H,22,23)/t12-/m1/s1. The van der Waals surface area contributed by atoms with Gasteiger partial charge in [-0.1, -0.05) is 23.7 Å². The molecule has 0 radical (unpaired) electrons. The second-order valence-corrected chi connectivity index (χ2v) is 7.23. The van der Waals surface area contributed by atoms with E-state index in [1.54, 1.807) is 11.8 Å². The molecule has 2 aromatic rings. The van der Waals surface area contributed by atoms with Crippen LogP contribution in [0.25, 0.3) is 0 Å². The number of carboxylic acid groups (broad SMARTS) is 1. The van der Waals surface area contributed by atoms with Crippen LogP contribution in [-0.4, -0.2) is 33.4 Å². The summed E-state index contributed by atoms with van der Waals surface area (Å²) in [6.45, 7) is 0. The smallest absolute Gasteiger partial charge is 0.305 e. The number of thioether (sulfide) groups is 1. The van der Waals surface area contributed by atoms with Gasteiger partial charge in [-0.3, -0.25) is 14.7 Å². The zero-order chi connectivity index (χ0) is 18.0. The average molecular weight is 380 g/mol. The maximum Gasteiger partial charge on any atom is 0.305 e. The molecule has 1 atom stereocenters. The van der Waals surface area contributed by atoms with Crippen LogP contribution in [-0.2, 0) is 4.79 Å². The van der Waals surface area contributed by atoms with Crippen LogP contribution in [0.1, 0.15) is 53.0 Å². The van der Waals surface area contributed by atoms with Gasteiger partial charge in [0, 0.05) is 10.8 Å². The van der Waals surface area contributed by atoms with Gasteiger partial charge in [0.1, 0.15) is 0 Å². The Labute approximate surface area is 154 Å². The first-order valence-corrected chi connectivity index (χ1v) is 9.50. The van der Waals surface area contributed by atoms with Crippen LogP contribution in [0.3, 0.4) is 0 Å². The van der Waals surface area contributed by atoms with E-state index in [0.29, 0.717) is 10.9 Å². The molecule has 132 valence electrons. The molecule has 1 aromatic heterocycles. The predicted molar refractivity (Wildman–Crippen MR) is 96.3 cm³/mol. The summed E-state index contributed by atoms with van der Waals surface area (Å²) in [4.78, 5) is 24.8. The number of aliphatic carboxylic acids is 1. The third kappa shape index (κ3) is 4.16. The Hall–Kier alpha value is -1.99. The summed E-state index contributed by atoms with van der Waals surface area (Å²) in [5.74, 6) is -1.13. The van der Waals surface area contributed by atoms with E-state index in [4.69, 9.17) is 16.7 Å². The number of aromatic amines is 1. The second-order valence-electron chi connectivity index (χ2n) is 5.97. The molecule has 0 saturated heterocycles. The van der Waals surface area contributed by atoms with Crippen molar-refractivity contribution in [3.05, 3.63) is 46.2 Å². The number of nitrogens with zero attached hydrogens (tertiary/aromatic N) is 1. The van der Waals surface area contributed by atoms with Gasteiger partial charge in [0.15, 0.2) is 5.69 Å². The Bertz CT molecular complexity index is 787. The first-order chi connectivity index (χ1) is 12.0. The van der Waals surface area contributed by atoms with E-state index in [0.717, 1.165) is 29.0 Å². The summed E-state index contributed by atoms with van der Waals surface area (Å²) in [6, 6.07) is 6.78. The van der Waals surface area contributed by atoms with Crippen LogP contribution in [0, 0.1) is 0 Å².